The van der Waals surface area contributed by atoms with Crippen LogP contribution in [0.25, 0.3) is 11.4 Å². The van der Waals surface area contributed by atoms with Crippen molar-refractivity contribution in [1.82, 2.24) is 9.55 Å². The Balaban J connectivity index is 2.57. The molecule has 1 aromatic heterocycles. The predicted octanol–water partition coefficient (Wildman–Crippen LogP) is 3.29. The standard InChI is InChI=1S/C14H14BrN3O/c1-4-9-7-10(5-6-12(9)19-3)14-17-13(15)11(8-16)18(14)2/h5-7H,4H2,1-3H3. The number of rotatable bonds is 3. The van der Waals surface area contributed by atoms with Crippen LogP contribution >= 0.6 is 15.9 Å². The number of nitrogens with zero attached hydrogens (tertiary/aromatic N) is 3. The number of hydrogen-bond donors (Lipinski definition) is 0. The van der Waals surface area contributed by atoms with E-state index in [-0.39, 0.29) is 0 Å². The van der Waals surface area contributed by atoms with Gasteiger partial charge in [0.1, 0.15) is 22.2 Å². The number of methoxy groups -OCH3 is 1. The molecule has 1 aromatic carbocycles. The molecule has 2 rings (SSSR count). The Morgan fingerprint density at radius 3 is 2.74 bits per heavy atom. The van der Waals surface area contributed by atoms with Gasteiger partial charge in [0, 0.05) is 12.6 Å². The van der Waals surface area contributed by atoms with Crippen molar-refractivity contribution in [1.29, 1.82) is 5.26 Å². The summed E-state index contributed by atoms with van der Waals surface area (Å²) in [6.07, 6.45) is 0.883. The fraction of sp³-hybridized carbons (Fsp3) is 0.286. The van der Waals surface area contributed by atoms with E-state index in [1.807, 2.05) is 19.2 Å². The summed E-state index contributed by atoms with van der Waals surface area (Å²) in [4.78, 5) is 4.40. The number of hydrogen-bond acceptors (Lipinski definition) is 3. The molecule has 0 radical (unpaired) electrons. The van der Waals surface area contributed by atoms with Gasteiger partial charge in [-0.25, -0.2) is 4.98 Å². The molecule has 2 aromatic rings. The van der Waals surface area contributed by atoms with Gasteiger partial charge in [-0.2, -0.15) is 5.26 Å². The lowest BCUT2D eigenvalue weighted by molar-refractivity contribution is 0.410. The molecule has 0 aliphatic heterocycles. The minimum Gasteiger partial charge on any atom is -0.496 e. The maximum Gasteiger partial charge on any atom is 0.154 e. The summed E-state index contributed by atoms with van der Waals surface area (Å²) in [6, 6.07) is 8.07. The van der Waals surface area contributed by atoms with Crippen molar-refractivity contribution in [2.24, 2.45) is 7.05 Å². The molecule has 0 aliphatic carbocycles. The van der Waals surface area contributed by atoms with Crippen molar-refractivity contribution in [3.05, 3.63) is 34.1 Å². The Hall–Kier alpha value is -1.80. The maximum atomic E-state index is 9.08. The number of aryl methyl sites for hydroxylation is 1. The minimum absolute atomic E-state index is 0.517. The predicted molar refractivity (Wildman–Crippen MR) is 77.0 cm³/mol. The second-order valence-corrected chi connectivity index (χ2v) is 4.88. The van der Waals surface area contributed by atoms with Gasteiger partial charge >= 0.3 is 0 Å². The Bertz CT molecular complexity index is 655. The van der Waals surface area contributed by atoms with Crippen molar-refractivity contribution in [3.8, 4) is 23.2 Å². The van der Waals surface area contributed by atoms with Crippen LogP contribution in [0.15, 0.2) is 22.8 Å². The first-order valence-corrected chi connectivity index (χ1v) is 6.71. The molecule has 0 atom stereocenters. The van der Waals surface area contributed by atoms with Crippen LogP contribution in [0.1, 0.15) is 18.2 Å². The van der Waals surface area contributed by atoms with Crippen LogP contribution in [0.3, 0.4) is 0 Å². The molecule has 19 heavy (non-hydrogen) atoms. The second-order valence-electron chi connectivity index (χ2n) is 4.13. The molecule has 1 heterocycles. The summed E-state index contributed by atoms with van der Waals surface area (Å²) in [5.74, 6) is 1.64. The van der Waals surface area contributed by atoms with E-state index in [1.165, 1.54) is 0 Å². The third kappa shape index (κ3) is 2.36. The normalized spacial score (nSPS) is 10.3. The van der Waals surface area contributed by atoms with Crippen molar-refractivity contribution >= 4 is 15.9 Å². The van der Waals surface area contributed by atoms with Crippen LogP contribution in [-0.2, 0) is 13.5 Å². The average molecular weight is 320 g/mol. The molecule has 0 amide bonds. The molecule has 0 bridgehead atoms. The first-order valence-electron chi connectivity index (χ1n) is 5.92. The number of halogens is 1. The summed E-state index contributed by atoms with van der Waals surface area (Å²) < 4.78 is 7.67. The quantitative estimate of drug-likeness (QED) is 0.872. The summed E-state index contributed by atoms with van der Waals surface area (Å²) in [5, 5.41) is 9.08. The van der Waals surface area contributed by atoms with Crippen LogP contribution in [0.5, 0.6) is 5.75 Å². The van der Waals surface area contributed by atoms with E-state index < -0.39 is 0 Å². The van der Waals surface area contributed by atoms with Crippen molar-refractivity contribution in [2.75, 3.05) is 7.11 Å². The van der Waals surface area contributed by atoms with E-state index >= 15 is 0 Å². The van der Waals surface area contributed by atoms with Crippen molar-refractivity contribution < 1.29 is 4.74 Å². The number of aromatic nitrogens is 2. The fourth-order valence-corrected chi connectivity index (χ4v) is 2.56. The first kappa shape index (κ1) is 13.6. The topological polar surface area (TPSA) is 50.8 Å². The van der Waals surface area contributed by atoms with Gasteiger partial charge in [-0.15, -0.1) is 0 Å². The molecule has 0 aliphatic rings. The molecular formula is C14H14BrN3O. The summed E-state index contributed by atoms with van der Waals surface area (Å²) >= 11 is 3.31. The monoisotopic (exact) mass is 319 g/mol. The maximum absolute atomic E-state index is 9.08. The van der Waals surface area contributed by atoms with Gasteiger partial charge in [0.05, 0.1) is 7.11 Å². The van der Waals surface area contributed by atoms with Crippen LogP contribution in [0.4, 0.5) is 0 Å². The zero-order valence-corrected chi connectivity index (χ0v) is 12.7. The third-order valence-electron chi connectivity index (χ3n) is 3.08. The number of benzene rings is 1. The Morgan fingerprint density at radius 2 is 2.21 bits per heavy atom. The highest BCUT2D eigenvalue weighted by Crippen LogP contribution is 2.28. The van der Waals surface area contributed by atoms with Gasteiger partial charge in [0.15, 0.2) is 5.69 Å². The van der Waals surface area contributed by atoms with Crippen molar-refractivity contribution in [3.63, 3.8) is 0 Å². The highest BCUT2D eigenvalue weighted by Gasteiger charge is 2.14. The number of ether oxygens (including phenoxy) is 1. The summed E-state index contributed by atoms with van der Waals surface area (Å²) in [5.41, 5.74) is 2.61. The zero-order chi connectivity index (χ0) is 14.0. The highest BCUT2D eigenvalue weighted by molar-refractivity contribution is 9.10. The van der Waals surface area contributed by atoms with Crippen molar-refractivity contribution in [2.45, 2.75) is 13.3 Å². The molecule has 0 fully saturated rings. The van der Waals surface area contributed by atoms with E-state index in [4.69, 9.17) is 10.00 Å². The smallest absolute Gasteiger partial charge is 0.154 e. The van der Waals surface area contributed by atoms with Crippen LogP contribution in [0, 0.1) is 11.3 Å². The molecule has 4 nitrogen and oxygen atoms in total. The van der Waals surface area contributed by atoms with E-state index in [0.717, 1.165) is 29.1 Å². The second kappa shape index (κ2) is 5.45. The first-order chi connectivity index (χ1) is 9.12. The SMILES string of the molecule is CCc1cc(-c2nc(Br)c(C#N)n2C)ccc1OC. The highest BCUT2D eigenvalue weighted by atomic mass is 79.9. The molecule has 98 valence electrons. The lowest BCUT2D eigenvalue weighted by Gasteiger charge is -2.09. The summed E-state index contributed by atoms with van der Waals surface area (Å²) in [7, 11) is 3.50. The van der Waals surface area contributed by atoms with Gasteiger partial charge in [-0.05, 0) is 46.1 Å². The molecule has 0 spiro atoms. The molecule has 0 saturated carbocycles. The summed E-state index contributed by atoms with van der Waals surface area (Å²) in [6.45, 7) is 2.08. The Morgan fingerprint density at radius 1 is 1.47 bits per heavy atom. The molecule has 0 N–H and O–H groups in total. The van der Waals surface area contributed by atoms with Gasteiger partial charge in [0.2, 0.25) is 0 Å². The lowest BCUT2D eigenvalue weighted by atomic mass is 10.1. The van der Waals surface area contributed by atoms with Gasteiger partial charge in [0.25, 0.3) is 0 Å². The fourth-order valence-electron chi connectivity index (χ4n) is 2.04. The molecule has 0 saturated heterocycles. The van der Waals surface area contributed by atoms with E-state index in [1.54, 1.807) is 11.7 Å². The van der Waals surface area contributed by atoms with Crippen LogP contribution < -0.4 is 4.74 Å². The van der Waals surface area contributed by atoms with E-state index in [9.17, 15) is 0 Å². The molecule has 5 heteroatoms. The number of imidazole rings is 1. The molecular weight excluding hydrogens is 306 g/mol. The number of nitriles is 1. The van der Waals surface area contributed by atoms with Crippen LogP contribution in [0.2, 0.25) is 0 Å². The Kier molecular flexibility index (Phi) is 3.91. The lowest BCUT2D eigenvalue weighted by Crippen LogP contribution is -1.97. The Labute approximate surface area is 120 Å². The van der Waals surface area contributed by atoms with Gasteiger partial charge in [-0.1, -0.05) is 6.92 Å². The van der Waals surface area contributed by atoms with Crippen LogP contribution in [-0.4, -0.2) is 16.7 Å². The third-order valence-corrected chi connectivity index (χ3v) is 3.63. The largest absolute Gasteiger partial charge is 0.496 e. The average Bonchev–Trinajstić information content (AvgIpc) is 2.72. The van der Waals surface area contributed by atoms with E-state index in [0.29, 0.717) is 10.3 Å². The molecule has 0 unspecified atom stereocenters. The van der Waals surface area contributed by atoms with E-state index in [2.05, 4.69) is 40.0 Å². The van der Waals surface area contributed by atoms with Gasteiger partial charge < -0.3 is 9.30 Å². The zero-order valence-electron chi connectivity index (χ0n) is 11.1. The minimum atomic E-state index is 0.517. The van der Waals surface area contributed by atoms with Gasteiger partial charge in [-0.3, -0.25) is 0 Å².